The van der Waals surface area contributed by atoms with Crippen molar-refractivity contribution in [1.29, 1.82) is 0 Å². The summed E-state index contributed by atoms with van der Waals surface area (Å²) in [5.41, 5.74) is 5.98. The molecule has 7 heteroatoms. The number of carbonyl (C=O) groups excluding carboxylic acids is 1. The molecule has 1 fully saturated rings. The lowest BCUT2D eigenvalue weighted by atomic mass is 9.86. The van der Waals surface area contributed by atoms with Gasteiger partial charge in [-0.25, -0.2) is 4.79 Å². The van der Waals surface area contributed by atoms with E-state index in [-0.39, 0.29) is 11.6 Å². The minimum Gasteiger partial charge on any atom is -0.383 e. The molecular formula is C13H25N5O2. The molecule has 0 bridgehead atoms. The molecule has 0 aromatic carbocycles. The second-order valence-corrected chi connectivity index (χ2v) is 5.71. The van der Waals surface area contributed by atoms with Crippen LogP contribution in [0.15, 0.2) is 4.99 Å². The smallest absolute Gasteiger partial charge is 0.319 e. The van der Waals surface area contributed by atoms with Gasteiger partial charge in [0.05, 0.1) is 18.7 Å². The van der Waals surface area contributed by atoms with Gasteiger partial charge in [-0.2, -0.15) is 0 Å². The molecule has 0 unspecified atom stereocenters. The van der Waals surface area contributed by atoms with Crippen LogP contribution in [-0.4, -0.2) is 86.2 Å². The van der Waals surface area contributed by atoms with Gasteiger partial charge < -0.3 is 25.2 Å². The number of methoxy groups -OCH3 is 1. The predicted molar refractivity (Wildman–Crippen MR) is 77.7 cm³/mol. The number of rotatable bonds is 3. The van der Waals surface area contributed by atoms with E-state index in [2.05, 4.69) is 9.89 Å². The molecule has 0 radical (unpaired) electrons. The molecule has 20 heavy (non-hydrogen) atoms. The molecule has 2 aliphatic heterocycles. The van der Waals surface area contributed by atoms with Crippen LogP contribution in [0.4, 0.5) is 4.79 Å². The Morgan fingerprint density at radius 1 is 1.45 bits per heavy atom. The number of nitrogens with zero attached hydrogens (tertiary/aromatic N) is 4. The van der Waals surface area contributed by atoms with Gasteiger partial charge in [0.1, 0.15) is 0 Å². The molecule has 2 N–H and O–H groups in total. The fourth-order valence-electron chi connectivity index (χ4n) is 3.00. The minimum absolute atomic E-state index is 0.0221. The third-order valence-corrected chi connectivity index (χ3v) is 4.25. The molecule has 2 heterocycles. The van der Waals surface area contributed by atoms with Crippen LogP contribution in [0.25, 0.3) is 0 Å². The van der Waals surface area contributed by atoms with Crippen LogP contribution in [0.1, 0.15) is 12.8 Å². The Morgan fingerprint density at radius 2 is 2.10 bits per heavy atom. The Bertz CT molecular complexity index is 388. The van der Waals surface area contributed by atoms with Crippen molar-refractivity contribution >= 4 is 12.0 Å². The van der Waals surface area contributed by atoms with Crippen LogP contribution >= 0.6 is 0 Å². The number of urea groups is 1. The molecule has 2 aliphatic rings. The summed E-state index contributed by atoms with van der Waals surface area (Å²) >= 11 is 0. The molecule has 2 amide bonds. The average molecular weight is 283 g/mol. The highest BCUT2D eigenvalue weighted by molar-refractivity contribution is 5.81. The summed E-state index contributed by atoms with van der Waals surface area (Å²) in [6.07, 6.45) is 1.81. The van der Waals surface area contributed by atoms with E-state index in [4.69, 9.17) is 10.5 Å². The van der Waals surface area contributed by atoms with Gasteiger partial charge in [0.25, 0.3) is 0 Å². The van der Waals surface area contributed by atoms with Crippen LogP contribution in [0.5, 0.6) is 0 Å². The first-order valence-electron chi connectivity index (χ1n) is 7.03. The highest BCUT2D eigenvalue weighted by Crippen LogP contribution is 2.33. The summed E-state index contributed by atoms with van der Waals surface area (Å²) in [6, 6.07) is 0.0789. The predicted octanol–water partition coefficient (Wildman–Crippen LogP) is -0.221. The quantitative estimate of drug-likeness (QED) is 0.777. The Kier molecular flexibility index (Phi) is 4.37. The molecule has 0 aromatic heterocycles. The molecule has 1 saturated heterocycles. The van der Waals surface area contributed by atoms with Gasteiger partial charge >= 0.3 is 6.03 Å². The average Bonchev–Trinajstić information content (AvgIpc) is 2.73. The van der Waals surface area contributed by atoms with Gasteiger partial charge in [0.2, 0.25) is 0 Å². The van der Waals surface area contributed by atoms with Gasteiger partial charge in [0, 0.05) is 40.8 Å². The summed E-state index contributed by atoms with van der Waals surface area (Å²) < 4.78 is 5.15. The zero-order chi connectivity index (χ0) is 14.8. The number of likely N-dealkylation sites (tertiary alicyclic amines) is 1. The molecule has 114 valence electrons. The minimum atomic E-state index is -0.0221. The van der Waals surface area contributed by atoms with Gasteiger partial charge in [-0.05, 0) is 12.8 Å². The number of hydrogen-bond acceptors (Lipinski definition) is 5. The summed E-state index contributed by atoms with van der Waals surface area (Å²) in [6.45, 7) is 3.63. The third-order valence-electron chi connectivity index (χ3n) is 4.25. The number of aliphatic imine (C=N–C) groups is 1. The van der Waals surface area contributed by atoms with Gasteiger partial charge in [-0.15, -0.1) is 0 Å². The first-order chi connectivity index (χ1) is 9.50. The standard InChI is InChI=1S/C13H25N5O2/c1-16(2)12(19)17-6-4-13(5-7-17)10-15-11(14)18(13)8-9-20-3/h4-10H2,1-3H3,(H2,14,15). The van der Waals surface area contributed by atoms with Crippen molar-refractivity contribution in [2.45, 2.75) is 18.4 Å². The van der Waals surface area contributed by atoms with Crippen molar-refractivity contribution < 1.29 is 9.53 Å². The summed E-state index contributed by atoms with van der Waals surface area (Å²) in [4.78, 5) is 22.1. The van der Waals surface area contributed by atoms with E-state index in [1.165, 1.54) is 0 Å². The largest absolute Gasteiger partial charge is 0.383 e. The Morgan fingerprint density at radius 3 is 2.65 bits per heavy atom. The first kappa shape index (κ1) is 14.9. The normalized spacial score (nSPS) is 21.2. The monoisotopic (exact) mass is 283 g/mol. The van der Waals surface area contributed by atoms with Crippen molar-refractivity contribution in [1.82, 2.24) is 14.7 Å². The summed E-state index contributed by atoms with van der Waals surface area (Å²) in [5.74, 6) is 0.606. The van der Waals surface area contributed by atoms with E-state index in [9.17, 15) is 4.79 Å². The Labute approximate surface area is 120 Å². The number of amides is 2. The summed E-state index contributed by atoms with van der Waals surface area (Å²) in [7, 11) is 5.26. The fraction of sp³-hybridized carbons (Fsp3) is 0.846. The molecule has 0 aromatic rings. The van der Waals surface area contributed by atoms with Crippen molar-refractivity contribution in [3.8, 4) is 0 Å². The SMILES string of the molecule is COCCN1C(N)=NCC12CCN(C(=O)N(C)C)CC2. The molecule has 2 rings (SSSR count). The number of ether oxygens (including phenoxy) is 1. The second-order valence-electron chi connectivity index (χ2n) is 5.71. The lowest BCUT2D eigenvalue weighted by Crippen LogP contribution is -2.59. The number of guanidine groups is 1. The first-order valence-corrected chi connectivity index (χ1v) is 7.03. The van der Waals surface area contributed by atoms with Gasteiger partial charge in [0.15, 0.2) is 5.96 Å². The lowest BCUT2D eigenvalue weighted by molar-refractivity contribution is 0.0719. The molecular weight excluding hydrogens is 258 g/mol. The van der Waals surface area contributed by atoms with E-state index < -0.39 is 0 Å². The maximum absolute atomic E-state index is 12.0. The molecule has 0 atom stereocenters. The number of carbonyl (C=O) groups is 1. The van der Waals surface area contributed by atoms with Crippen LogP contribution in [-0.2, 0) is 4.74 Å². The number of piperidine rings is 1. The topological polar surface area (TPSA) is 74.4 Å². The van der Waals surface area contributed by atoms with E-state index in [1.807, 2.05) is 4.90 Å². The van der Waals surface area contributed by atoms with Crippen LogP contribution in [0, 0.1) is 0 Å². The van der Waals surface area contributed by atoms with Crippen molar-refractivity contribution in [3.63, 3.8) is 0 Å². The van der Waals surface area contributed by atoms with E-state index >= 15 is 0 Å². The fourth-order valence-corrected chi connectivity index (χ4v) is 3.00. The molecule has 1 spiro atoms. The third kappa shape index (κ3) is 2.67. The van der Waals surface area contributed by atoms with Gasteiger partial charge in [-0.3, -0.25) is 4.99 Å². The van der Waals surface area contributed by atoms with Crippen molar-refractivity contribution in [3.05, 3.63) is 0 Å². The number of hydrogen-bond donors (Lipinski definition) is 1. The zero-order valence-electron chi connectivity index (χ0n) is 12.6. The maximum atomic E-state index is 12.0. The molecule has 7 nitrogen and oxygen atoms in total. The Hall–Kier alpha value is -1.50. The molecule has 0 aliphatic carbocycles. The lowest BCUT2D eigenvalue weighted by Gasteiger charge is -2.45. The Balaban J connectivity index is 1.99. The van der Waals surface area contributed by atoms with E-state index in [0.29, 0.717) is 12.6 Å². The highest BCUT2D eigenvalue weighted by atomic mass is 16.5. The van der Waals surface area contributed by atoms with E-state index in [1.54, 1.807) is 26.1 Å². The van der Waals surface area contributed by atoms with Crippen LogP contribution in [0.2, 0.25) is 0 Å². The van der Waals surface area contributed by atoms with Crippen molar-refractivity contribution in [2.24, 2.45) is 10.7 Å². The van der Waals surface area contributed by atoms with Crippen LogP contribution in [0.3, 0.4) is 0 Å². The van der Waals surface area contributed by atoms with Gasteiger partial charge in [-0.1, -0.05) is 0 Å². The van der Waals surface area contributed by atoms with Crippen LogP contribution < -0.4 is 5.73 Å². The maximum Gasteiger partial charge on any atom is 0.319 e. The molecule has 0 saturated carbocycles. The number of nitrogens with two attached hydrogens (primary N) is 1. The van der Waals surface area contributed by atoms with Crippen molar-refractivity contribution in [2.75, 3.05) is 54.0 Å². The second kappa shape index (κ2) is 5.87. The zero-order valence-corrected chi connectivity index (χ0v) is 12.6. The van der Waals surface area contributed by atoms with E-state index in [0.717, 1.165) is 39.0 Å². The summed E-state index contributed by atoms with van der Waals surface area (Å²) in [5, 5.41) is 0. The highest BCUT2D eigenvalue weighted by Gasteiger charge is 2.44.